The molecule has 1 aromatic carbocycles. The normalized spacial score (nSPS) is 15.2. The summed E-state index contributed by atoms with van der Waals surface area (Å²) in [5, 5.41) is 3.60. The van der Waals surface area contributed by atoms with E-state index in [2.05, 4.69) is 10.3 Å². The molecule has 2 amide bonds. The zero-order chi connectivity index (χ0) is 16.4. The van der Waals surface area contributed by atoms with Crippen molar-refractivity contribution in [2.24, 2.45) is 0 Å². The summed E-state index contributed by atoms with van der Waals surface area (Å²) in [5.74, 6) is 1.13. The van der Waals surface area contributed by atoms with E-state index in [4.69, 9.17) is 9.47 Å². The lowest BCUT2D eigenvalue weighted by Gasteiger charge is -2.18. The highest BCUT2D eigenvalue weighted by Crippen LogP contribution is 2.31. The molecule has 2 heterocycles. The number of nitrogens with one attached hydrogen (secondary N) is 2. The molecule has 1 aliphatic rings. The number of aromatic amines is 1. The summed E-state index contributed by atoms with van der Waals surface area (Å²) in [5.41, 5.74) is 1.22. The lowest BCUT2D eigenvalue weighted by molar-refractivity contribution is -0.120. The molecule has 1 aliphatic heterocycles. The molecule has 0 spiro atoms. The number of nitrogens with zero attached hydrogens (tertiary/aromatic N) is 1. The summed E-state index contributed by atoms with van der Waals surface area (Å²) in [6.07, 6.45) is 0.323. The summed E-state index contributed by atoms with van der Waals surface area (Å²) in [6.45, 7) is 1.39. The SMILES string of the molecule is COc1cc(OC)c2[nH]c(C(=O)N3CCNC(=O)CC3)cc2c1. The van der Waals surface area contributed by atoms with E-state index in [1.807, 2.05) is 6.07 Å². The minimum Gasteiger partial charge on any atom is -0.497 e. The zero-order valence-electron chi connectivity index (χ0n) is 13.1. The lowest BCUT2D eigenvalue weighted by atomic mass is 10.2. The Morgan fingerprint density at radius 3 is 2.74 bits per heavy atom. The molecule has 3 rings (SSSR count). The van der Waals surface area contributed by atoms with Crippen molar-refractivity contribution < 1.29 is 19.1 Å². The number of carbonyl (C=O) groups excluding carboxylic acids is 2. The standard InChI is InChI=1S/C16H19N3O4/c1-22-11-7-10-8-12(18-15(10)13(9-11)23-2)16(21)19-5-3-14(20)17-4-6-19/h7-9,18H,3-6H2,1-2H3,(H,17,20). The molecule has 0 bridgehead atoms. The fraction of sp³-hybridized carbons (Fsp3) is 0.375. The first-order valence-corrected chi connectivity index (χ1v) is 7.43. The highest BCUT2D eigenvalue weighted by atomic mass is 16.5. The number of hydrogen-bond acceptors (Lipinski definition) is 4. The smallest absolute Gasteiger partial charge is 0.270 e. The van der Waals surface area contributed by atoms with Crippen LogP contribution in [0.5, 0.6) is 11.5 Å². The fourth-order valence-corrected chi connectivity index (χ4v) is 2.72. The van der Waals surface area contributed by atoms with Gasteiger partial charge in [-0.1, -0.05) is 0 Å². The first-order chi connectivity index (χ1) is 11.1. The maximum absolute atomic E-state index is 12.7. The van der Waals surface area contributed by atoms with Crippen molar-refractivity contribution in [1.82, 2.24) is 15.2 Å². The van der Waals surface area contributed by atoms with E-state index in [9.17, 15) is 9.59 Å². The van der Waals surface area contributed by atoms with E-state index in [0.29, 0.717) is 43.2 Å². The second-order valence-electron chi connectivity index (χ2n) is 5.37. The third-order valence-electron chi connectivity index (χ3n) is 3.95. The Bertz CT molecular complexity index is 753. The van der Waals surface area contributed by atoms with E-state index in [-0.39, 0.29) is 11.8 Å². The quantitative estimate of drug-likeness (QED) is 0.889. The lowest BCUT2D eigenvalue weighted by Crippen LogP contribution is -2.34. The van der Waals surface area contributed by atoms with Crippen LogP contribution in [0, 0.1) is 0 Å². The van der Waals surface area contributed by atoms with Gasteiger partial charge in [0.2, 0.25) is 5.91 Å². The predicted molar refractivity (Wildman–Crippen MR) is 84.9 cm³/mol. The monoisotopic (exact) mass is 317 g/mol. The average molecular weight is 317 g/mol. The molecule has 2 aromatic rings. The molecule has 122 valence electrons. The van der Waals surface area contributed by atoms with Crippen LogP contribution in [0.15, 0.2) is 18.2 Å². The van der Waals surface area contributed by atoms with Gasteiger partial charge in [0.05, 0.1) is 19.7 Å². The first kappa shape index (κ1) is 15.2. The van der Waals surface area contributed by atoms with Gasteiger partial charge in [0.25, 0.3) is 5.91 Å². The Balaban J connectivity index is 1.93. The van der Waals surface area contributed by atoms with Crippen molar-refractivity contribution >= 4 is 22.7 Å². The molecular formula is C16H19N3O4. The van der Waals surface area contributed by atoms with Crippen LogP contribution in [0.3, 0.4) is 0 Å². The molecule has 0 aliphatic carbocycles. The van der Waals surface area contributed by atoms with Crippen molar-refractivity contribution in [3.63, 3.8) is 0 Å². The molecule has 23 heavy (non-hydrogen) atoms. The van der Waals surface area contributed by atoms with Crippen molar-refractivity contribution in [2.75, 3.05) is 33.9 Å². The average Bonchev–Trinajstić information content (AvgIpc) is 2.88. The van der Waals surface area contributed by atoms with Crippen molar-refractivity contribution in [3.05, 3.63) is 23.9 Å². The number of amides is 2. The molecule has 7 nitrogen and oxygen atoms in total. The van der Waals surface area contributed by atoms with Crippen LogP contribution >= 0.6 is 0 Å². The Kier molecular flexibility index (Phi) is 4.10. The zero-order valence-corrected chi connectivity index (χ0v) is 13.1. The Labute approximate surface area is 133 Å². The van der Waals surface area contributed by atoms with Crippen molar-refractivity contribution in [1.29, 1.82) is 0 Å². The van der Waals surface area contributed by atoms with Crippen LogP contribution in [0.4, 0.5) is 0 Å². The van der Waals surface area contributed by atoms with Gasteiger partial charge in [-0.15, -0.1) is 0 Å². The van der Waals surface area contributed by atoms with E-state index < -0.39 is 0 Å². The first-order valence-electron chi connectivity index (χ1n) is 7.43. The summed E-state index contributed by atoms with van der Waals surface area (Å²) >= 11 is 0. The van der Waals surface area contributed by atoms with Gasteiger partial charge in [0.15, 0.2) is 0 Å². The molecule has 1 saturated heterocycles. The van der Waals surface area contributed by atoms with Crippen LogP contribution in [-0.2, 0) is 4.79 Å². The molecule has 0 atom stereocenters. The summed E-state index contributed by atoms with van der Waals surface area (Å²) in [4.78, 5) is 28.9. The Morgan fingerprint density at radius 2 is 2.00 bits per heavy atom. The second kappa shape index (κ2) is 6.20. The number of rotatable bonds is 3. The number of aromatic nitrogens is 1. The Hall–Kier alpha value is -2.70. The van der Waals surface area contributed by atoms with Gasteiger partial charge < -0.3 is 24.7 Å². The van der Waals surface area contributed by atoms with E-state index >= 15 is 0 Å². The maximum Gasteiger partial charge on any atom is 0.270 e. The number of H-pyrrole nitrogens is 1. The highest BCUT2D eigenvalue weighted by molar-refractivity contribution is 6.00. The number of benzene rings is 1. The van der Waals surface area contributed by atoms with E-state index in [1.54, 1.807) is 31.3 Å². The van der Waals surface area contributed by atoms with Crippen LogP contribution in [0.25, 0.3) is 10.9 Å². The topological polar surface area (TPSA) is 83.7 Å². The molecule has 0 saturated carbocycles. The van der Waals surface area contributed by atoms with Gasteiger partial charge >= 0.3 is 0 Å². The van der Waals surface area contributed by atoms with Crippen molar-refractivity contribution in [2.45, 2.75) is 6.42 Å². The third kappa shape index (κ3) is 2.94. The molecule has 1 fully saturated rings. The minimum atomic E-state index is -0.126. The molecular weight excluding hydrogens is 298 g/mol. The molecule has 0 unspecified atom stereocenters. The number of ether oxygens (including phenoxy) is 2. The molecule has 2 N–H and O–H groups in total. The predicted octanol–water partition coefficient (Wildman–Crippen LogP) is 1.15. The van der Waals surface area contributed by atoms with Gasteiger partial charge in [-0.25, -0.2) is 0 Å². The molecule has 1 aromatic heterocycles. The van der Waals surface area contributed by atoms with E-state index in [1.165, 1.54) is 0 Å². The van der Waals surface area contributed by atoms with Gasteiger partial charge in [-0.3, -0.25) is 9.59 Å². The maximum atomic E-state index is 12.7. The fourth-order valence-electron chi connectivity index (χ4n) is 2.72. The highest BCUT2D eigenvalue weighted by Gasteiger charge is 2.22. The Morgan fingerprint density at radius 1 is 1.17 bits per heavy atom. The van der Waals surface area contributed by atoms with Gasteiger partial charge in [-0.2, -0.15) is 0 Å². The van der Waals surface area contributed by atoms with Crippen molar-refractivity contribution in [3.8, 4) is 11.5 Å². The third-order valence-corrected chi connectivity index (χ3v) is 3.95. The van der Waals surface area contributed by atoms with Crippen LogP contribution in [0.1, 0.15) is 16.9 Å². The summed E-state index contributed by atoms with van der Waals surface area (Å²) < 4.78 is 10.6. The summed E-state index contributed by atoms with van der Waals surface area (Å²) in [6, 6.07) is 5.39. The molecule has 0 radical (unpaired) electrons. The van der Waals surface area contributed by atoms with Gasteiger partial charge in [-0.05, 0) is 12.1 Å². The number of methoxy groups -OCH3 is 2. The molecule has 7 heteroatoms. The van der Waals surface area contributed by atoms with Crippen LogP contribution in [-0.4, -0.2) is 55.6 Å². The summed E-state index contributed by atoms with van der Waals surface area (Å²) in [7, 11) is 3.16. The van der Waals surface area contributed by atoms with Crippen LogP contribution < -0.4 is 14.8 Å². The largest absolute Gasteiger partial charge is 0.497 e. The van der Waals surface area contributed by atoms with Crippen LogP contribution in [0.2, 0.25) is 0 Å². The van der Waals surface area contributed by atoms with Gasteiger partial charge in [0.1, 0.15) is 17.2 Å². The number of carbonyl (C=O) groups is 2. The second-order valence-corrected chi connectivity index (χ2v) is 5.37. The number of hydrogen-bond donors (Lipinski definition) is 2. The van der Waals surface area contributed by atoms with Gasteiger partial charge in [0, 0.05) is 37.5 Å². The minimum absolute atomic E-state index is 0.0247. The number of fused-ring (bicyclic) bond motifs is 1. The van der Waals surface area contributed by atoms with E-state index in [0.717, 1.165) is 10.9 Å².